The molecule has 1 aromatic heterocycles. The largest absolute Gasteiger partial charge is 0.308 e. The fraction of sp³-hybridized carbons (Fsp3) is 0.444. The van der Waals surface area contributed by atoms with Crippen molar-refractivity contribution in [3.63, 3.8) is 0 Å². The van der Waals surface area contributed by atoms with Crippen molar-refractivity contribution in [3.8, 4) is 0 Å². The monoisotopic (exact) mass is 459 g/mol. The van der Waals surface area contributed by atoms with Crippen LogP contribution in [-0.4, -0.2) is 41.6 Å². The van der Waals surface area contributed by atoms with Crippen molar-refractivity contribution in [1.82, 2.24) is 13.3 Å². The number of hydrogen-bond acceptors (Lipinski definition) is 4. The molecule has 27 heavy (non-hydrogen) atoms. The van der Waals surface area contributed by atoms with Crippen LogP contribution in [0.3, 0.4) is 0 Å². The molecule has 0 aliphatic rings. The first-order valence-electron chi connectivity index (χ1n) is 8.29. The third-order valence-corrected chi connectivity index (χ3v) is 6.09. The van der Waals surface area contributed by atoms with Gasteiger partial charge >= 0.3 is 10.2 Å². The lowest BCUT2D eigenvalue weighted by molar-refractivity contribution is 0.0982. The van der Waals surface area contributed by atoms with Crippen molar-refractivity contribution in [2.24, 2.45) is 5.41 Å². The molecule has 2 rings (SSSR count). The van der Waals surface area contributed by atoms with Crippen LogP contribution in [0.1, 0.15) is 42.6 Å². The molecule has 0 radical (unpaired) electrons. The zero-order valence-electron chi connectivity index (χ0n) is 16.0. The molecule has 0 saturated carbocycles. The molecule has 0 aliphatic carbocycles. The summed E-state index contributed by atoms with van der Waals surface area (Å²) in [6, 6.07) is 4.35. The summed E-state index contributed by atoms with van der Waals surface area (Å²) in [5.74, 6) is -1.16. The molecule has 0 fully saturated rings. The van der Waals surface area contributed by atoms with E-state index in [-0.39, 0.29) is 17.7 Å². The predicted octanol–water partition coefficient (Wildman–Crippen LogP) is 3.45. The number of ketones is 1. The maximum Gasteiger partial charge on any atom is 0.308 e. The maximum absolute atomic E-state index is 13.7. The highest BCUT2D eigenvalue weighted by molar-refractivity contribution is 9.10. The van der Waals surface area contributed by atoms with Crippen molar-refractivity contribution in [2.45, 2.75) is 33.6 Å². The Kier molecular flexibility index (Phi) is 6.28. The van der Waals surface area contributed by atoms with E-state index in [1.54, 1.807) is 6.07 Å². The number of imidazole rings is 1. The number of Topliss-reactive ketones (excluding diaryl/α,β-unsaturated/α-hetero) is 1. The second-order valence-electron chi connectivity index (χ2n) is 7.73. The molecule has 0 saturated heterocycles. The Morgan fingerprint density at radius 3 is 2.44 bits per heavy atom. The lowest BCUT2D eigenvalue weighted by Gasteiger charge is -2.15. The van der Waals surface area contributed by atoms with Crippen molar-refractivity contribution in [2.75, 3.05) is 14.1 Å². The summed E-state index contributed by atoms with van der Waals surface area (Å²) < 4.78 is 41.2. The lowest BCUT2D eigenvalue weighted by atomic mass is 9.91. The highest BCUT2D eigenvalue weighted by atomic mass is 79.9. The Bertz CT molecular complexity index is 963. The van der Waals surface area contributed by atoms with Crippen LogP contribution in [0.2, 0.25) is 0 Å². The molecular weight excluding hydrogens is 437 g/mol. The highest BCUT2D eigenvalue weighted by Gasteiger charge is 2.27. The van der Waals surface area contributed by atoms with E-state index in [9.17, 15) is 17.6 Å². The fourth-order valence-corrected chi connectivity index (χ4v) is 3.70. The number of nitrogens with zero attached hydrogens (tertiary/aromatic N) is 3. The first-order valence-corrected chi connectivity index (χ1v) is 10.5. The van der Waals surface area contributed by atoms with E-state index in [4.69, 9.17) is 0 Å². The molecule has 0 aliphatic heterocycles. The van der Waals surface area contributed by atoms with Gasteiger partial charge in [-0.05, 0) is 45.5 Å². The number of halogens is 2. The molecule has 0 bridgehead atoms. The first kappa shape index (κ1) is 21.7. The van der Waals surface area contributed by atoms with Crippen molar-refractivity contribution < 1.29 is 17.6 Å². The van der Waals surface area contributed by atoms with Gasteiger partial charge in [-0.2, -0.15) is 12.7 Å². The highest BCUT2D eigenvalue weighted by Crippen LogP contribution is 2.22. The Hall–Kier alpha value is -1.58. The van der Waals surface area contributed by atoms with E-state index in [0.29, 0.717) is 22.2 Å². The standard InChI is InChI=1S/C18H23BrFN3O3S/c1-18(2,3)10-13-11-23(27(25,26)22(4)5)17(21-13)16(24)9-12-6-7-14(19)15(20)8-12/h6-8,11H,9-10H2,1-5H3. The number of benzene rings is 1. The normalized spacial score (nSPS) is 12.6. The van der Waals surface area contributed by atoms with Crippen LogP contribution in [-0.2, 0) is 23.1 Å². The second-order valence-corrected chi connectivity index (χ2v) is 10.6. The Morgan fingerprint density at radius 2 is 1.93 bits per heavy atom. The summed E-state index contributed by atoms with van der Waals surface area (Å²) in [6.45, 7) is 6.00. The van der Waals surface area contributed by atoms with Gasteiger partial charge in [0.05, 0.1) is 10.2 Å². The van der Waals surface area contributed by atoms with Crippen LogP contribution in [0.25, 0.3) is 0 Å². The van der Waals surface area contributed by atoms with Gasteiger partial charge in [0.15, 0.2) is 5.82 Å². The smallest absolute Gasteiger partial charge is 0.290 e. The summed E-state index contributed by atoms with van der Waals surface area (Å²) in [5.41, 5.74) is 0.823. The quantitative estimate of drug-likeness (QED) is 0.620. The van der Waals surface area contributed by atoms with E-state index in [0.717, 1.165) is 8.28 Å². The molecule has 9 heteroatoms. The van der Waals surface area contributed by atoms with E-state index in [1.165, 1.54) is 32.4 Å². The minimum atomic E-state index is -3.91. The number of aromatic nitrogens is 2. The van der Waals surface area contributed by atoms with Crippen LogP contribution in [0, 0.1) is 11.2 Å². The zero-order valence-corrected chi connectivity index (χ0v) is 18.4. The van der Waals surface area contributed by atoms with Gasteiger partial charge in [-0.3, -0.25) is 4.79 Å². The third-order valence-electron chi connectivity index (χ3n) is 3.74. The Labute approximate surface area is 167 Å². The van der Waals surface area contributed by atoms with Crippen LogP contribution in [0.4, 0.5) is 4.39 Å². The number of carbonyl (C=O) groups excluding carboxylic acids is 1. The molecule has 0 atom stereocenters. The van der Waals surface area contributed by atoms with Crippen LogP contribution in [0.15, 0.2) is 28.9 Å². The molecule has 148 valence electrons. The summed E-state index contributed by atoms with van der Waals surface area (Å²) in [4.78, 5) is 17.1. The van der Waals surface area contributed by atoms with Crippen molar-refractivity contribution >= 4 is 31.9 Å². The molecule has 0 amide bonds. The number of rotatable bonds is 6. The van der Waals surface area contributed by atoms with Crippen LogP contribution < -0.4 is 0 Å². The molecule has 1 heterocycles. The van der Waals surface area contributed by atoms with Gasteiger partial charge in [-0.1, -0.05) is 26.8 Å². The first-order chi connectivity index (χ1) is 12.3. The summed E-state index contributed by atoms with van der Waals surface area (Å²) >= 11 is 3.06. The molecule has 1 aromatic carbocycles. The van der Waals surface area contributed by atoms with Crippen LogP contribution >= 0.6 is 15.9 Å². The average Bonchev–Trinajstić information content (AvgIpc) is 2.93. The number of hydrogen-bond donors (Lipinski definition) is 0. The van der Waals surface area contributed by atoms with Gasteiger partial charge < -0.3 is 0 Å². The SMILES string of the molecule is CN(C)S(=O)(=O)n1cc(CC(C)(C)C)nc1C(=O)Cc1ccc(Br)c(F)c1. The molecule has 6 nitrogen and oxygen atoms in total. The van der Waals surface area contributed by atoms with Crippen molar-refractivity contribution in [3.05, 3.63) is 51.8 Å². The zero-order chi connectivity index (χ0) is 20.6. The van der Waals surface area contributed by atoms with Gasteiger partial charge in [0.25, 0.3) is 0 Å². The summed E-state index contributed by atoms with van der Waals surface area (Å²) in [5, 5.41) is 0. The van der Waals surface area contributed by atoms with Gasteiger partial charge in [0, 0.05) is 26.7 Å². The second kappa shape index (κ2) is 7.81. The van der Waals surface area contributed by atoms with Gasteiger partial charge in [-0.15, -0.1) is 0 Å². The Balaban J connectivity index is 2.46. The minimum absolute atomic E-state index is 0.129. The van der Waals surface area contributed by atoms with E-state index < -0.39 is 21.8 Å². The topological polar surface area (TPSA) is 72.3 Å². The van der Waals surface area contributed by atoms with E-state index >= 15 is 0 Å². The Morgan fingerprint density at radius 1 is 1.30 bits per heavy atom. The number of carbonyl (C=O) groups is 1. The summed E-state index contributed by atoms with van der Waals surface area (Å²) in [6.07, 6.45) is 1.74. The lowest BCUT2D eigenvalue weighted by Crippen LogP contribution is -2.31. The molecule has 0 N–H and O–H groups in total. The van der Waals surface area contributed by atoms with Gasteiger partial charge in [-0.25, -0.2) is 13.3 Å². The molecule has 0 spiro atoms. The van der Waals surface area contributed by atoms with E-state index in [2.05, 4.69) is 20.9 Å². The maximum atomic E-state index is 13.7. The average molecular weight is 460 g/mol. The fourth-order valence-electron chi connectivity index (χ4n) is 2.49. The minimum Gasteiger partial charge on any atom is -0.290 e. The van der Waals surface area contributed by atoms with Crippen molar-refractivity contribution in [1.29, 1.82) is 0 Å². The van der Waals surface area contributed by atoms with Gasteiger partial charge in [0.2, 0.25) is 5.78 Å². The third kappa shape index (κ3) is 5.24. The van der Waals surface area contributed by atoms with Crippen LogP contribution in [0.5, 0.6) is 0 Å². The summed E-state index contributed by atoms with van der Waals surface area (Å²) in [7, 11) is -1.14. The molecular formula is C18H23BrFN3O3S. The predicted molar refractivity (Wildman–Crippen MR) is 106 cm³/mol. The molecule has 2 aromatic rings. The molecule has 0 unspecified atom stereocenters. The van der Waals surface area contributed by atoms with Gasteiger partial charge in [0.1, 0.15) is 5.82 Å². The van der Waals surface area contributed by atoms with E-state index in [1.807, 2.05) is 20.8 Å².